The molecule has 1 N–H and O–H groups in total. The molecule has 0 atom stereocenters. The van der Waals surface area contributed by atoms with Crippen LogP contribution in [0.15, 0.2) is 97.1 Å². The third kappa shape index (κ3) is 2.42. The lowest BCUT2D eigenvalue weighted by atomic mass is 9.82. The minimum Gasteiger partial charge on any atom is -0.355 e. The van der Waals surface area contributed by atoms with Crippen LogP contribution in [0.25, 0.3) is 32.7 Å². The minimum atomic E-state index is 0.0125. The molecule has 0 aliphatic heterocycles. The molecule has 0 bridgehead atoms. The van der Waals surface area contributed by atoms with Crippen molar-refractivity contribution in [2.75, 3.05) is 5.32 Å². The van der Waals surface area contributed by atoms with E-state index < -0.39 is 0 Å². The molecule has 1 nitrogen and oxygen atoms in total. The van der Waals surface area contributed by atoms with Crippen LogP contribution in [0, 0.1) is 0 Å². The van der Waals surface area contributed by atoms with Crippen molar-refractivity contribution in [2.45, 2.75) is 19.3 Å². The van der Waals surface area contributed by atoms with Crippen molar-refractivity contribution in [3.8, 4) is 11.1 Å². The van der Waals surface area contributed by atoms with Gasteiger partial charge in [-0.25, -0.2) is 0 Å². The van der Waals surface area contributed by atoms with Crippen LogP contribution in [0.5, 0.6) is 0 Å². The first kappa shape index (κ1) is 17.3. The molecule has 0 heterocycles. The number of fused-ring (bicyclic) bond motifs is 6. The molecule has 6 rings (SSSR count). The lowest BCUT2D eigenvalue weighted by molar-refractivity contribution is 0.660. The second kappa shape index (κ2) is 6.21. The van der Waals surface area contributed by atoms with Crippen molar-refractivity contribution >= 4 is 32.9 Å². The highest BCUT2D eigenvalue weighted by Crippen LogP contribution is 2.49. The van der Waals surface area contributed by atoms with Crippen molar-refractivity contribution in [1.82, 2.24) is 0 Å². The van der Waals surface area contributed by atoms with Gasteiger partial charge in [0.15, 0.2) is 0 Å². The molecule has 0 radical (unpaired) electrons. The minimum absolute atomic E-state index is 0.0125. The van der Waals surface area contributed by atoms with Gasteiger partial charge in [-0.15, -0.1) is 0 Å². The lowest BCUT2D eigenvalue weighted by Crippen LogP contribution is -2.15. The maximum atomic E-state index is 3.71. The summed E-state index contributed by atoms with van der Waals surface area (Å²) >= 11 is 0. The maximum absolute atomic E-state index is 3.71. The van der Waals surface area contributed by atoms with Crippen molar-refractivity contribution in [1.29, 1.82) is 0 Å². The number of benzene rings is 5. The van der Waals surface area contributed by atoms with Crippen LogP contribution in [0.3, 0.4) is 0 Å². The van der Waals surface area contributed by atoms with Crippen LogP contribution in [0.1, 0.15) is 25.0 Å². The Morgan fingerprint density at radius 1 is 0.567 bits per heavy atom. The Balaban J connectivity index is 1.46. The Hall–Kier alpha value is -3.58. The first-order valence-corrected chi connectivity index (χ1v) is 10.5. The van der Waals surface area contributed by atoms with Crippen LogP contribution in [0.4, 0.5) is 11.4 Å². The van der Waals surface area contributed by atoms with E-state index >= 15 is 0 Å². The molecule has 0 spiro atoms. The van der Waals surface area contributed by atoms with E-state index in [9.17, 15) is 0 Å². The average molecular weight is 386 g/mol. The summed E-state index contributed by atoms with van der Waals surface area (Å²) in [7, 11) is 0. The SMILES string of the molecule is CC1(C)c2ccccc2-c2ccc(Nc3cccc4c3ccc3ccccc34)cc21. The molecule has 0 saturated heterocycles. The molecule has 1 aliphatic rings. The van der Waals surface area contributed by atoms with Crippen LogP contribution < -0.4 is 5.32 Å². The Bertz CT molecular complexity index is 1440. The number of nitrogens with one attached hydrogen (secondary N) is 1. The summed E-state index contributed by atoms with van der Waals surface area (Å²) in [6.45, 7) is 4.65. The van der Waals surface area contributed by atoms with Crippen molar-refractivity contribution in [3.05, 3.63) is 108 Å². The predicted molar refractivity (Wildman–Crippen MR) is 129 cm³/mol. The van der Waals surface area contributed by atoms with Crippen LogP contribution in [0.2, 0.25) is 0 Å². The third-order valence-electron chi connectivity index (χ3n) is 6.65. The molecule has 5 aromatic carbocycles. The van der Waals surface area contributed by atoms with E-state index in [4.69, 9.17) is 0 Å². The Kier molecular flexibility index (Phi) is 3.58. The highest BCUT2D eigenvalue weighted by Gasteiger charge is 2.35. The standard InChI is InChI=1S/C29H23N/c1-29(2)26-12-6-5-10-23(26)24-17-15-20(18-27(24)29)30-28-13-7-11-22-21-9-4-3-8-19(21)14-16-25(22)28/h3-18,30H,1-2H3. The molecule has 144 valence electrons. The molecule has 0 aromatic heterocycles. The number of hydrogen-bond acceptors (Lipinski definition) is 1. The zero-order valence-corrected chi connectivity index (χ0v) is 17.2. The van der Waals surface area contributed by atoms with E-state index in [1.54, 1.807) is 0 Å². The fourth-order valence-electron chi connectivity index (χ4n) is 5.09. The highest BCUT2D eigenvalue weighted by molar-refractivity contribution is 6.11. The molecule has 30 heavy (non-hydrogen) atoms. The van der Waals surface area contributed by atoms with Gasteiger partial charge < -0.3 is 5.32 Å². The van der Waals surface area contributed by atoms with Gasteiger partial charge in [-0.05, 0) is 56.6 Å². The molecule has 1 heteroatoms. The van der Waals surface area contributed by atoms with Crippen molar-refractivity contribution < 1.29 is 0 Å². The van der Waals surface area contributed by atoms with Crippen LogP contribution in [-0.2, 0) is 5.41 Å². The summed E-state index contributed by atoms with van der Waals surface area (Å²) in [5, 5.41) is 8.81. The van der Waals surface area contributed by atoms with E-state index in [-0.39, 0.29) is 5.41 Å². The van der Waals surface area contributed by atoms with Crippen LogP contribution >= 0.6 is 0 Å². The summed E-state index contributed by atoms with van der Waals surface area (Å²) in [5.74, 6) is 0. The summed E-state index contributed by atoms with van der Waals surface area (Å²) < 4.78 is 0. The molecular weight excluding hydrogens is 362 g/mol. The van der Waals surface area contributed by atoms with Gasteiger partial charge in [0.1, 0.15) is 0 Å². The zero-order valence-electron chi connectivity index (χ0n) is 17.2. The summed E-state index contributed by atoms with van der Waals surface area (Å²) in [5.41, 5.74) is 7.80. The Morgan fingerprint density at radius 2 is 1.33 bits per heavy atom. The first-order chi connectivity index (χ1) is 14.6. The summed E-state index contributed by atoms with van der Waals surface area (Å²) in [6.07, 6.45) is 0. The van der Waals surface area contributed by atoms with Gasteiger partial charge in [0.05, 0.1) is 0 Å². The molecule has 0 amide bonds. The fourth-order valence-corrected chi connectivity index (χ4v) is 5.09. The second-order valence-corrected chi connectivity index (χ2v) is 8.74. The molecular formula is C29H23N. The highest BCUT2D eigenvalue weighted by atomic mass is 14.9. The van der Waals surface area contributed by atoms with E-state index in [1.165, 1.54) is 43.8 Å². The molecule has 0 saturated carbocycles. The van der Waals surface area contributed by atoms with Gasteiger partial charge in [-0.3, -0.25) is 0 Å². The van der Waals surface area contributed by atoms with Crippen LogP contribution in [-0.4, -0.2) is 0 Å². The Labute approximate surface area is 177 Å². The Morgan fingerprint density at radius 3 is 2.27 bits per heavy atom. The lowest BCUT2D eigenvalue weighted by Gasteiger charge is -2.22. The van der Waals surface area contributed by atoms with Gasteiger partial charge in [-0.1, -0.05) is 92.7 Å². The van der Waals surface area contributed by atoms with E-state index in [0.29, 0.717) is 0 Å². The quantitative estimate of drug-likeness (QED) is 0.303. The van der Waals surface area contributed by atoms with Crippen molar-refractivity contribution in [3.63, 3.8) is 0 Å². The van der Waals surface area contributed by atoms with Gasteiger partial charge in [-0.2, -0.15) is 0 Å². The number of hydrogen-bond donors (Lipinski definition) is 1. The average Bonchev–Trinajstić information content (AvgIpc) is 3.01. The van der Waals surface area contributed by atoms with Gasteiger partial charge in [0, 0.05) is 22.2 Å². The normalized spacial score (nSPS) is 13.9. The summed E-state index contributed by atoms with van der Waals surface area (Å²) in [4.78, 5) is 0. The number of rotatable bonds is 2. The zero-order chi connectivity index (χ0) is 20.3. The van der Waals surface area contributed by atoms with E-state index in [0.717, 1.165) is 11.4 Å². The predicted octanol–water partition coefficient (Wildman–Crippen LogP) is 8.04. The topological polar surface area (TPSA) is 12.0 Å². The number of anilines is 2. The molecule has 0 fully saturated rings. The monoisotopic (exact) mass is 385 g/mol. The second-order valence-electron chi connectivity index (χ2n) is 8.74. The van der Waals surface area contributed by atoms with Crippen molar-refractivity contribution in [2.24, 2.45) is 0 Å². The first-order valence-electron chi connectivity index (χ1n) is 10.5. The molecule has 0 unspecified atom stereocenters. The molecule has 1 aliphatic carbocycles. The molecule has 5 aromatic rings. The van der Waals surface area contributed by atoms with E-state index in [1.807, 2.05) is 0 Å². The summed E-state index contributed by atoms with van der Waals surface area (Å²) in [6, 6.07) is 35.2. The van der Waals surface area contributed by atoms with E-state index in [2.05, 4.69) is 116 Å². The van der Waals surface area contributed by atoms with Gasteiger partial charge in [0.2, 0.25) is 0 Å². The smallest absolute Gasteiger partial charge is 0.0464 e. The maximum Gasteiger partial charge on any atom is 0.0464 e. The third-order valence-corrected chi connectivity index (χ3v) is 6.65. The van der Waals surface area contributed by atoms with Gasteiger partial charge >= 0.3 is 0 Å². The largest absolute Gasteiger partial charge is 0.355 e. The fraction of sp³-hybridized carbons (Fsp3) is 0.103. The van der Waals surface area contributed by atoms with Gasteiger partial charge in [0.25, 0.3) is 0 Å².